The molecular formula is C17H24N2S. The first-order chi connectivity index (χ1) is 9.66. The highest BCUT2D eigenvalue weighted by molar-refractivity contribution is 7.09. The lowest BCUT2D eigenvalue weighted by Crippen LogP contribution is -2.42. The summed E-state index contributed by atoms with van der Waals surface area (Å²) in [5.74, 6) is 0. The molecule has 0 fully saturated rings. The molecule has 1 unspecified atom stereocenters. The van der Waals surface area contributed by atoms with Crippen molar-refractivity contribution in [2.24, 2.45) is 0 Å². The number of aromatic nitrogens is 1. The topological polar surface area (TPSA) is 24.9 Å². The quantitative estimate of drug-likeness (QED) is 0.832. The van der Waals surface area contributed by atoms with Crippen LogP contribution in [0.5, 0.6) is 0 Å². The van der Waals surface area contributed by atoms with Gasteiger partial charge in [-0.25, -0.2) is 4.98 Å². The molecular weight excluding hydrogens is 264 g/mol. The van der Waals surface area contributed by atoms with E-state index in [1.807, 2.05) is 6.20 Å². The first kappa shape index (κ1) is 15.2. The van der Waals surface area contributed by atoms with Crippen molar-refractivity contribution in [2.45, 2.75) is 45.1 Å². The molecule has 2 nitrogen and oxygen atoms in total. The molecule has 108 valence electrons. The Kier molecular flexibility index (Phi) is 5.32. The van der Waals surface area contributed by atoms with Crippen LogP contribution in [0.3, 0.4) is 0 Å². The van der Waals surface area contributed by atoms with Crippen molar-refractivity contribution in [2.75, 3.05) is 6.54 Å². The third kappa shape index (κ3) is 3.68. The van der Waals surface area contributed by atoms with Gasteiger partial charge in [-0.05, 0) is 12.0 Å². The largest absolute Gasteiger partial charge is 0.314 e. The average Bonchev–Trinajstić information content (AvgIpc) is 2.97. The number of hydrogen-bond acceptors (Lipinski definition) is 3. The van der Waals surface area contributed by atoms with Crippen LogP contribution in [-0.4, -0.2) is 17.6 Å². The predicted molar refractivity (Wildman–Crippen MR) is 87.4 cm³/mol. The number of hydrogen-bond donors (Lipinski definition) is 1. The summed E-state index contributed by atoms with van der Waals surface area (Å²) in [5, 5.41) is 6.91. The molecule has 0 saturated carbocycles. The lowest BCUT2D eigenvalue weighted by Gasteiger charge is -2.34. The number of thiazole rings is 1. The maximum atomic E-state index is 4.49. The van der Waals surface area contributed by atoms with Gasteiger partial charge in [0.25, 0.3) is 0 Å². The molecule has 2 rings (SSSR count). The molecule has 1 N–H and O–H groups in total. The Morgan fingerprint density at radius 3 is 2.55 bits per heavy atom. The Balaban J connectivity index is 2.29. The zero-order chi connectivity index (χ0) is 14.4. The lowest BCUT2D eigenvalue weighted by atomic mass is 9.75. The van der Waals surface area contributed by atoms with Gasteiger partial charge in [-0.15, -0.1) is 11.3 Å². The van der Waals surface area contributed by atoms with E-state index in [1.54, 1.807) is 11.3 Å². The van der Waals surface area contributed by atoms with Crippen molar-refractivity contribution in [3.8, 4) is 0 Å². The molecule has 0 aliphatic heterocycles. The smallest absolute Gasteiger partial charge is 0.0934 e. The van der Waals surface area contributed by atoms with Gasteiger partial charge in [-0.1, -0.05) is 51.1 Å². The number of rotatable bonds is 7. The monoisotopic (exact) mass is 288 g/mol. The first-order valence-corrected chi connectivity index (χ1v) is 8.21. The van der Waals surface area contributed by atoms with E-state index in [0.29, 0.717) is 6.04 Å². The maximum Gasteiger partial charge on any atom is 0.0934 e. The second-order valence-corrected chi connectivity index (χ2v) is 6.62. The minimum atomic E-state index is 0.128. The van der Waals surface area contributed by atoms with E-state index in [4.69, 9.17) is 0 Å². The van der Waals surface area contributed by atoms with Crippen molar-refractivity contribution in [1.29, 1.82) is 0 Å². The molecule has 2 aromatic rings. The van der Waals surface area contributed by atoms with Crippen LogP contribution >= 0.6 is 11.3 Å². The van der Waals surface area contributed by atoms with Crippen LogP contribution in [0.4, 0.5) is 0 Å². The third-order valence-corrected chi connectivity index (χ3v) is 4.66. The van der Waals surface area contributed by atoms with Gasteiger partial charge >= 0.3 is 0 Å². The van der Waals surface area contributed by atoms with Gasteiger partial charge in [-0.2, -0.15) is 0 Å². The average molecular weight is 288 g/mol. The van der Waals surface area contributed by atoms with Gasteiger partial charge in [0.15, 0.2) is 0 Å². The van der Waals surface area contributed by atoms with Crippen molar-refractivity contribution in [3.05, 3.63) is 52.5 Å². The van der Waals surface area contributed by atoms with Crippen LogP contribution in [0, 0.1) is 0 Å². The van der Waals surface area contributed by atoms with E-state index in [2.05, 4.69) is 66.8 Å². The zero-order valence-corrected chi connectivity index (χ0v) is 13.4. The molecule has 1 heterocycles. The summed E-state index contributed by atoms with van der Waals surface area (Å²) in [5.41, 5.74) is 1.54. The molecule has 0 saturated heterocycles. The summed E-state index contributed by atoms with van der Waals surface area (Å²) < 4.78 is 0. The summed E-state index contributed by atoms with van der Waals surface area (Å²) in [6, 6.07) is 11.4. The molecule has 0 radical (unpaired) electrons. The van der Waals surface area contributed by atoms with E-state index in [9.17, 15) is 0 Å². The molecule has 0 amide bonds. The normalized spacial score (nSPS) is 14.4. The minimum absolute atomic E-state index is 0.128. The minimum Gasteiger partial charge on any atom is -0.314 e. The Morgan fingerprint density at radius 2 is 2.00 bits per heavy atom. The molecule has 0 aliphatic carbocycles. The van der Waals surface area contributed by atoms with Gasteiger partial charge in [-0.3, -0.25) is 0 Å². The SMILES string of the molecule is CCC(CNC(C)C)(Cc1nccs1)c1ccccc1. The molecule has 0 spiro atoms. The van der Waals surface area contributed by atoms with Crippen LogP contribution in [0.2, 0.25) is 0 Å². The molecule has 1 aromatic carbocycles. The lowest BCUT2D eigenvalue weighted by molar-refractivity contribution is 0.363. The maximum absolute atomic E-state index is 4.49. The van der Waals surface area contributed by atoms with Crippen molar-refractivity contribution in [3.63, 3.8) is 0 Å². The third-order valence-electron chi connectivity index (χ3n) is 3.88. The number of nitrogens with zero attached hydrogens (tertiary/aromatic N) is 1. The molecule has 0 bridgehead atoms. The zero-order valence-electron chi connectivity index (χ0n) is 12.6. The van der Waals surface area contributed by atoms with Crippen molar-refractivity contribution in [1.82, 2.24) is 10.3 Å². The van der Waals surface area contributed by atoms with Gasteiger partial charge in [0.2, 0.25) is 0 Å². The molecule has 20 heavy (non-hydrogen) atoms. The predicted octanol–water partition coefficient (Wildman–Crippen LogP) is 4.03. The van der Waals surface area contributed by atoms with Crippen LogP contribution in [0.1, 0.15) is 37.8 Å². The summed E-state index contributed by atoms with van der Waals surface area (Å²) in [6.07, 6.45) is 4.02. The van der Waals surface area contributed by atoms with Gasteiger partial charge < -0.3 is 5.32 Å². The first-order valence-electron chi connectivity index (χ1n) is 7.33. The summed E-state index contributed by atoms with van der Waals surface area (Å²) in [7, 11) is 0. The molecule has 0 aliphatic rings. The van der Waals surface area contributed by atoms with E-state index in [0.717, 1.165) is 19.4 Å². The summed E-state index contributed by atoms with van der Waals surface area (Å²) in [4.78, 5) is 4.49. The number of benzene rings is 1. The fraction of sp³-hybridized carbons (Fsp3) is 0.471. The number of nitrogens with one attached hydrogen (secondary N) is 1. The summed E-state index contributed by atoms with van der Waals surface area (Å²) in [6.45, 7) is 7.68. The Bertz CT molecular complexity index is 493. The van der Waals surface area contributed by atoms with Gasteiger partial charge in [0, 0.05) is 36.0 Å². The van der Waals surface area contributed by atoms with Crippen LogP contribution in [0.15, 0.2) is 41.9 Å². The highest BCUT2D eigenvalue weighted by atomic mass is 32.1. The second-order valence-electron chi connectivity index (χ2n) is 5.64. The van der Waals surface area contributed by atoms with E-state index in [1.165, 1.54) is 10.6 Å². The van der Waals surface area contributed by atoms with E-state index < -0.39 is 0 Å². The van der Waals surface area contributed by atoms with E-state index in [-0.39, 0.29) is 5.41 Å². The highest BCUT2D eigenvalue weighted by Crippen LogP contribution is 2.32. The molecule has 1 atom stereocenters. The molecule has 1 aromatic heterocycles. The Hall–Kier alpha value is -1.19. The standard InChI is InChI=1S/C17H24N2S/c1-4-17(13-19-14(2)3,12-16-18-10-11-20-16)15-8-6-5-7-9-15/h5-11,14,19H,4,12-13H2,1-3H3. The Morgan fingerprint density at radius 1 is 1.25 bits per heavy atom. The van der Waals surface area contributed by atoms with Crippen LogP contribution < -0.4 is 5.32 Å². The van der Waals surface area contributed by atoms with Gasteiger partial charge in [0.05, 0.1) is 5.01 Å². The van der Waals surface area contributed by atoms with Gasteiger partial charge in [0.1, 0.15) is 0 Å². The fourth-order valence-electron chi connectivity index (χ4n) is 2.54. The van der Waals surface area contributed by atoms with Crippen LogP contribution in [0.25, 0.3) is 0 Å². The van der Waals surface area contributed by atoms with Crippen molar-refractivity contribution >= 4 is 11.3 Å². The van der Waals surface area contributed by atoms with E-state index >= 15 is 0 Å². The highest BCUT2D eigenvalue weighted by Gasteiger charge is 2.31. The van der Waals surface area contributed by atoms with Crippen molar-refractivity contribution < 1.29 is 0 Å². The second kappa shape index (κ2) is 7.00. The fourth-order valence-corrected chi connectivity index (χ4v) is 3.30. The Labute approximate surface area is 126 Å². The summed E-state index contributed by atoms with van der Waals surface area (Å²) >= 11 is 1.76. The molecule has 3 heteroatoms. The van der Waals surface area contributed by atoms with Crippen LogP contribution in [-0.2, 0) is 11.8 Å².